The van der Waals surface area contributed by atoms with Crippen LogP contribution in [0.3, 0.4) is 0 Å². The van der Waals surface area contributed by atoms with Gasteiger partial charge in [-0.25, -0.2) is 9.48 Å². The van der Waals surface area contributed by atoms with Gasteiger partial charge in [0.2, 0.25) is 0 Å². The lowest BCUT2D eigenvalue weighted by molar-refractivity contribution is -0.138. The molecule has 0 saturated heterocycles. The summed E-state index contributed by atoms with van der Waals surface area (Å²) in [5, 5.41) is 11.6. The molecule has 8 heteroatoms. The SMILES string of the molecule is CCOC(=O)C1=C(C)NC2=C(C(=O)CC(C)(C)C2)C1c1ccc(OCc2cnnn2Cc2ccccc2)cc1. The molecule has 0 fully saturated rings. The van der Waals surface area contributed by atoms with Crippen LogP contribution in [0, 0.1) is 5.41 Å². The smallest absolute Gasteiger partial charge is 0.336 e. The van der Waals surface area contributed by atoms with E-state index in [1.165, 1.54) is 0 Å². The molecule has 1 N–H and O–H groups in total. The number of ether oxygens (including phenoxy) is 2. The summed E-state index contributed by atoms with van der Waals surface area (Å²) in [6.07, 6.45) is 2.88. The van der Waals surface area contributed by atoms with Gasteiger partial charge in [-0.2, -0.15) is 0 Å². The van der Waals surface area contributed by atoms with Crippen LogP contribution in [0.2, 0.25) is 0 Å². The van der Waals surface area contributed by atoms with Crippen molar-refractivity contribution in [3.63, 3.8) is 0 Å². The molecule has 0 radical (unpaired) electrons. The highest BCUT2D eigenvalue weighted by Crippen LogP contribution is 2.47. The van der Waals surface area contributed by atoms with Gasteiger partial charge >= 0.3 is 5.97 Å². The summed E-state index contributed by atoms with van der Waals surface area (Å²) in [7, 11) is 0. The Balaban J connectivity index is 1.38. The molecule has 5 rings (SSSR count). The Morgan fingerprint density at radius 3 is 2.56 bits per heavy atom. The number of benzene rings is 2. The van der Waals surface area contributed by atoms with Crippen LogP contribution in [0.5, 0.6) is 5.75 Å². The Hall–Kier alpha value is -4.20. The van der Waals surface area contributed by atoms with Gasteiger partial charge in [0.15, 0.2) is 5.78 Å². The third-order valence-corrected chi connectivity index (χ3v) is 7.21. The maximum absolute atomic E-state index is 13.4. The molecule has 0 amide bonds. The maximum atomic E-state index is 13.4. The fraction of sp³-hybridized carbons (Fsp3) is 0.355. The van der Waals surface area contributed by atoms with Crippen LogP contribution >= 0.6 is 0 Å². The molecular weight excluding hydrogens is 492 g/mol. The van der Waals surface area contributed by atoms with Gasteiger partial charge in [0.1, 0.15) is 12.4 Å². The highest BCUT2D eigenvalue weighted by molar-refractivity contribution is 6.04. The van der Waals surface area contributed by atoms with E-state index >= 15 is 0 Å². The van der Waals surface area contributed by atoms with Crippen molar-refractivity contribution in [3.05, 3.63) is 100 Å². The molecule has 1 unspecified atom stereocenters. The zero-order valence-electron chi connectivity index (χ0n) is 22.9. The molecule has 2 aliphatic rings. The molecule has 0 spiro atoms. The molecule has 39 heavy (non-hydrogen) atoms. The lowest BCUT2D eigenvalue weighted by atomic mass is 9.68. The summed E-state index contributed by atoms with van der Waals surface area (Å²) in [4.78, 5) is 26.5. The lowest BCUT2D eigenvalue weighted by Gasteiger charge is -2.39. The van der Waals surface area contributed by atoms with Gasteiger partial charge < -0.3 is 14.8 Å². The summed E-state index contributed by atoms with van der Waals surface area (Å²) in [6, 6.07) is 17.7. The predicted octanol–water partition coefficient (Wildman–Crippen LogP) is 5.07. The summed E-state index contributed by atoms with van der Waals surface area (Å²) >= 11 is 0. The van der Waals surface area contributed by atoms with Gasteiger partial charge in [0.25, 0.3) is 0 Å². The molecule has 2 heterocycles. The van der Waals surface area contributed by atoms with E-state index < -0.39 is 11.9 Å². The molecule has 202 valence electrons. The van der Waals surface area contributed by atoms with E-state index in [-0.39, 0.29) is 17.8 Å². The first-order valence-corrected chi connectivity index (χ1v) is 13.3. The summed E-state index contributed by atoms with van der Waals surface area (Å²) in [5.74, 6) is -0.165. The van der Waals surface area contributed by atoms with Crippen molar-refractivity contribution in [2.24, 2.45) is 5.41 Å². The van der Waals surface area contributed by atoms with Crippen LogP contribution in [0.15, 0.2) is 83.3 Å². The standard InChI is InChI=1S/C31H34N4O4/c1-5-38-30(37)27-20(2)33-25-15-31(3,4)16-26(36)29(25)28(27)22-11-13-24(14-12-22)39-19-23-17-32-34-35(23)18-21-9-7-6-8-10-21/h6-14,17,28,33H,5,15-16,18-19H2,1-4H3. The number of dihydropyridines is 1. The van der Waals surface area contributed by atoms with E-state index in [9.17, 15) is 9.59 Å². The first kappa shape index (κ1) is 26.4. The topological polar surface area (TPSA) is 95.3 Å². The number of nitrogens with one attached hydrogen (secondary N) is 1. The van der Waals surface area contributed by atoms with Crippen LogP contribution in [0.25, 0.3) is 0 Å². The van der Waals surface area contributed by atoms with Crippen molar-refractivity contribution in [3.8, 4) is 5.75 Å². The third kappa shape index (κ3) is 5.65. The Bertz CT molecular complexity index is 1430. The fourth-order valence-corrected chi connectivity index (χ4v) is 5.44. The molecular formula is C31H34N4O4. The van der Waals surface area contributed by atoms with Gasteiger partial charge in [-0.05, 0) is 48.9 Å². The van der Waals surface area contributed by atoms with Crippen LogP contribution < -0.4 is 10.1 Å². The second-order valence-corrected chi connectivity index (χ2v) is 10.9. The predicted molar refractivity (Wildman–Crippen MR) is 147 cm³/mol. The molecule has 8 nitrogen and oxygen atoms in total. The highest BCUT2D eigenvalue weighted by Gasteiger charge is 2.43. The van der Waals surface area contributed by atoms with Crippen molar-refractivity contribution in [2.45, 2.75) is 59.6 Å². The molecule has 1 atom stereocenters. The third-order valence-electron chi connectivity index (χ3n) is 7.21. The minimum atomic E-state index is -0.491. The molecule has 0 saturated carbocycles. The zero-order valence-corrected chi connectivity index (χ0v) is 22.9. The number of rotatable bonds is 8. The van der Waals surface area contributed by atoms with Gasteiger partial charge in [0.05, 0.1) is 30.6 Å². The molecule has 2 aromatic carbocycles. The lowest BCUT2D eigenvalue weighted by Crippen LogP contribution is -2.38. The van der Waals surface area contributed by atoms with Gasteiger partial charge in [-0.15, -0.1) is 5.10 Å². The molecule has 1 aliphatic heterocycles. The average molecular weight is 527 g/mol. The van der Waals surface area contributed by atoms with Gasteiger partial charge in [-0.1, -0.05) is 61.5 Å². The van der Waals surface area contributed by atoms with E-state index in [2.05, 4.69) is 29.5 Å². The minimum absolute atomic E-state index is 0.0625. The van der Waals surface area contributed by atoms with Crippen LogP contribution in [0.1, 0.15) is 63.3 Å². The Labute approximate surface area is 228 Å². The van der Waals surface area contributed by atoms with Gasteiger partial charge in [0, 0.05) is 29.3 Å². The average Bonchev–Trinajstić information content (AvgIpc) is 3.33. The largest absolute Gasteiger partial charge is 0.487 e. The van der Waals surface area contributed by atoms with Crippen molar-refractivity contribution in [1.29, 1.82) is 0 Å². The van der Waals surface area contributed by atoms with E-state index in [4.69, 9.17) is 9.47 Å². The Morgan fingerprint density at radius 1 is 1.10 bits per heavy atom. The second kappa shape index (κ2) is 10.9. The van der Waals surface area contributed by atoms with Crippen molar-refractivity contribution in [2.75, 3.05) is 6.61 Å². The first-order valence-electron chi connectivity index (χ1n) is 13.3. The van der Waals surface area contributed by atoms with Crippen LogP contribution in [0.4, 0.5) is 0 Å². The monoisotopic (exact) mass is 526 g/mol. The summed E-state index contributed by atoms with van der Waals surface area (Å²) in [5.41, 5.74) is 5.45. The summed E-state index contributed by atoms with van der Waals surface area (Å²) in [6.45, 7) is 9.03. The van der Waals surface area contributed by atoms with E-state index in [0.29, 0.717) is 36.5 Å². The second-order valence-electron chi connectivity index (χ2n) is 10.9. The number of hydrogen-bond acceptors (Lipinski definition) is 7. The number of nitrogens with zero attached hydrogens (tertiary/aromatic N) is 3. The molecule has 1 aliphatic carbocycles. The van der Waals surface area contributed by atoms with Crippen LogP contribution in [-0.4, -0.2) is 33.4 Å². The Kier molecular flexibility index (Phi) is 7.37. The molecule has 1 aromatic heterocycles. The van der Waals surface area contributed by atoms with E-state index in [1.807, 2.05) is 66.2 Å². The number of allylic oxidation sites excluding steroid dienone is 3. The molecule has 3 aromatic rings. The fourth-order valence-electron chi connectivity index (χ4n) is 5.44. The number of Topliss-reactive ketones (excluding diaryl/α,β-unsaturated/α-hetero) is 1. The zero-order chi connectivity index (χ0) is 27.6. The first-order chi connectivity index (χ1) is 18.8. The maximum Gasteiger partial charge on any atom is 0.336 e. The van der Waals surface area contributed by atoms with Crippen molar-refractivity contribution >= 4 is 11.8 Å². The molecule has 0 bridgehead atoms. The highest BCUT2D eigenvalue weighted by atomic mass is 16.5. The number of carbonyl (C=O) groups excluding carboxylic acids is 2. The Morgan fingerprint density at radius 2 is 1.85 bits per heavy atom. The normalized spacial score (nSPS) is 18.5. The number of carbonyl (C=O) groups is 2. The number of hydrogen-bond donors (Lipinski definition) is 1. The van der Waals surface area contributed by atoms with E-state index in [0.717, 1.165) is 34.6 Å². The van der Waals surface area contributed by atoms with Crippen LogP contribution in [-0.2, 0) is 27.5 Å². The van der Waals surface area contributed by atoms with Crippen molar-refractivity contribution < 1.29 is 19.1 Å². The number of aromatic nitrogens is 3. The summed E-state index contributed by atoms with van der Waals surface area (Å²) < 4.78 is 13.3. The van der Waals surface area contributed by atoms with E-state index in [1.54, 1.807) is 13.1 Å². The number of ketones is 1. The van der Waals surface area contributed by atoms with Crippen molar-refractivity contribution in [1.82, 2.24) is 20.3 Å². The quantitative estimate of drug-likeness (QED) is 0.409. The minimum Gasteiger partial charge on any atom is -0.487 e. The van der Waals surface area contributed by atoms with Gasteiger partial charge in [-0.3, -0.25) is 4.79 Å². The number of esters is 1.